The van der Waals surface area contributed by atoms with Gasteiger partial charge in [0.2, 0.25) is 0 Å². The maximum atomic E-state index is 13.2. The Morgan fingerprint density at radius 3 is 2.31 bits per heavy atom. The van der Waals surface area contributed by atoms with Crippen molar-refractivity contribution in [2.45, 2.75) is 26.0 Å². The summed E-state index contributed by atoms with van der Waals surface area (Å²) in [7, 11) is 0. The lowest BCUT2D eigenvalue weighted by Crippen LogP contribution is -2.17. The Hall–Kier alpha value is -3.34. The summed E-state index contributed by atoms with van der Waals surface area (Å²) in [6.45, 7) is 2.59. The first-order chi connectivity index (χ1) is 14.1. The minimum atomic E-state index is -0.308. The van der Waals surface area contributed by atoms with E-state index in [2.05, 4.69) is 5.32 Å². The molecule has 5 heteroatoms. The summed E-state index contributed by atoms with van der Waals surface area (Å²) < 4.78 is 24.1. The largest absolute Gasteiger partial charge is 0.489 e. The maximum Gasteiger partial charge on any atom is 0.308 e. The quantitative estimate of drug-likeness (QED) is 0.487. The molecule has 1 atom stereocenters. The van der Waals surface area contributed by atoms with E-state index in [1.54, 1.807) is 19.1 Å². The van der Waals surface area contributed by atoms with Crippen LogP contribution in [0.2, 0.25) is 0 Å². The normalized spacial score (nSPS) is 11.5. The molecule has 0 saturated carbocycles. The smallest absolute Gasteiger partial charge is 0.308 e. The fourth-order valence-electron chi connectivity index (χ4n) is 2.92. The molecule has 0 aliphatic heterocycles. The highest BCUT2D eigenvalue weighted by molar-refractivity contribution is 5.71. The van der Waals surface area contributed by atoms with Crippen molar-refractivity contribution in [3.8, 4) is 5.75 Å². The number of carbonyl (C=O) groups is 1. The third kappa shape index (κ3) is 6.35. The van der Waals surface area contributed by atoms with Crippen LogP contribution in [0.5, 0.6) is 5.75 Å². The van der Waals surface area contributed by atoms with Crippen LogP contribution < -0.4 is 10.1 Å². The van der Waals surface area contributed by atoms with Crippen LogP contribution in [0.15, 0.2) is 78.9 Å². The van der Waals surface area contributed by atoms with Gasteiger partial charge in [-0.25, -0.2) is 4.39 Å². The van der Waals surface area contributed by atoms with Crippen molar-refractivity contribution in [2.75, 3.05) is 11.9 Å². The molecule has 0 radical (unpaired) electrons. The molecule has 0 heterocycles. The number of ether oxygens (including phenoxy) is 2. The molecule has 0 aromatic heterocycles. The van der Waals surface area contributed by atoms with Crippen LogP contribution in [0.1, 0.15) is 30.5 Å². The van der Waals surface area contributed by atoms with Crippen molar-refractivity contribution in [3.63, 3.8) is 0 Å². The molecule has 3 aromatic rings. The molecule has 29 heavy (non-hydrogen) atoms. The number of hydrogen-bond donors (Lipinski definition) is 1. The van der Waals surface area contributed by atoms with E-state index in [-0.39, 0.29) is 24.2 Å². The summed E-state index contributed by atoms with van der Waals surface area (Å²) in [6, 6.07) is 23.3. The first kappa shape index (κ1) is 20.4. The summed E-state index contributed by atoms with van der Waals surface area (Å²) in [6.07, 6.45) is 0.162. The van der Waals surface area contributed by atoms with Crippen LogP contribution in [0, 0.1) is 5.82 Å². The first-order valence-corrected chi connectivity index (χ1v) is 9.58. The van der Waals surface area contributed by atoms with Crippen molar-refractivity contribution < 1.29 is 18.7 Å². The number of nitrogens with one attached hydrogen (secondary N) is 1. The van der Waals surface area contributed by atoms with E-state index >= 15 is 0 Å². The standard InChI is InChI=1S/C24H24FNO3/c1-2-28-24(27)16-23(26-21-12-10-20(25)11-13-21)19-8-14-22(15-9-19)29-17-18-6-4-3-5-7-18/h3-15,23,26H,2,16-17H2,1H3/t23-/m0/s1. The number of esters is 1. The molecule has 0 aliphatic carbocycles. The Morgan fingerprint density at radius 2 is 1.66 bits per heavy atom. The summed E-state index contributed by atoms with van der Waals surface area (Å²) in [5.41, 5.74) is 2.73. The molecule has 0 spiro atoms. The second-order valence-corrected chi connectivity index (χ2v) is 6.56. The lowest BCUT2D eigenvalue weighted by Gasteiger charge is -2.20. The van der Waals surface area contributed by atoms with Crippen LogP contribution in [0.25, 0.3) is 0 Å². The number of halogens is 1. The molecule has 0 aliphatic rings. The minimum Gasteiger partial charge on any atom is -0.489 e. The van der Waals surface area contributed by atoms with Gasteiger partial charge in [-0.2, -0.15) is 0 Å². The van der Waals surface area contributed by atoms with Gasteiger partial charge in [0.05, 0.1) is 19.1 Å². The van der Waals surface area contributed by atoms with E-state index in [4.69, 9.17) is 9.47 Å². The van der Waals surface area contributed by atoms with Gasteiger partial charge < -0.3 is 14.8 Å². The number of carbonyl (C=O) groups excluding carboxylic acids is 1. The number of benzene rings is 3. The van der Waals surface area contributed by atoms with Crippen LogP contribution >= 0.6 is 0 Å². The number of rotatable bonds is 9. The molecular formula is C24H24FNO3. The molecule has 3 rings (SSSR count). The molecule has 1 N–H and O–H groups in total. The summed E-state index contributed by atoms with van der Waals surface area (Å²) in [5.74, 6) is 0.142. The topological polar surface area (TPSA) is 47.6 Å². The highest BCUT2D eigenvalue weighted by Gasteiger charge is 2.17. The van der Waals surface area contributed by atoms with Gasteiger partial charge in [0.15, 0.2) is 0 Å². The van der Waals surface area contributed by atoms with Crippen molar-refractivity contribution in [3.05, 3.63) is 95.8 Å². The van der Waals surface area contributed by atoms with Crippen LogP contribution in [0.3, 0.4) is 0 Å². The van der Waals surface area contributed by atoms with E-state index in [1.807, 2.05) is 54.6 Å². The van der Waals surface area contributed by atoms with Crippen LogP contribution in [-0.4, -0.2) is 12.6 Å². The Labute approximate surface area is 170 Å². The van der Waals surface area contributed by atoms with E-state index < -0.39 is 0 Å². The fraction of sp³-hybridized carbons (Fsp3) is 0.208. The lowest BCUT2D eigenvalue weighted by molar-refractivity contribution is -0.143. The van der Waals surface area contributed by atoms with Crippen LogP contribution in [-0.2, 0) is 16.1 Å². The van der Waals surface area contributed by atoms with Crippen molar-refractivity contribution in [1.29, 1.82) is 0 Å². The predicted molar refractivity (Wildman–Crippen MR) is 111 cm³/mol. The Balaban J connectivity index is 1.70. The zero-order chi connectivity index (χ0) is 20.5. The second kappa shape index (κ2) is 10.3. The Morgan fingerprint density at radius 1 is 0.966 bits per heavy atom. The molecule has 0 fully saturated rings. The first-order valence-electron chi connectivity index (χ1n) is 9.58. The minimum absolute atomic E-state index is 0.162. The lowest BCUT2D eigenvalue weighted by atomic mass is 10.0. The summed E-state index contributed by atoms with van der Waals surface area (Å²) >= 11 is 0. The SMILES string of the molecule is CCOC(=O)C[C@H](Nc1ccc(F)cc1)c1ccc(OCc2ccccc2)cc1. The summed E-state index contributed by atoms with van der Waals surface area (Å²) in [4.78, 5) is 12.1. The third-order valence-corrected chi connectivity index (χ3v) is 4.39. The second-order valence-electron chi connectivity index (χ2n) is 6.56. The average Bonchev–Trinajstić information content (AvgIpc) is 2.75. The molecular weight excluding hydrogens is 369 g/mol. The van der Waals surface area contributed by atoms with E-state index in [9.17, 15) is 9.18 Å². The van der Waals surface area contributed by atoms with Crippen LogP contribution in [0.4, 0.5) is 10.1 Å². The molecule has 0 amide bonds. The van der Waals surface area contributed by atoms with Gasteiger partial charge in [-0.3, -0.25) is 4.79 Å². The number of hydrogen-bond acceptors (Lipinski definition) is 4. The monoisotopic (exact) mass is 393 g/mol. The van der Waals surface area contributed by atoms with Gasteiger partial charge in [0.1, 0.15) is 18.2 Å². The fourth-order valence-corrected chi connectivity index (χ4v) is 2.92. The molecule has 0 unspecified atom stereocenters. The zero-order valence-electron chi connectivity index (χ0n) is 16.3. The molecule has 0 bridgehead atoms. The van der Waals surface area contributed by atoms with Crippen molar-refractivity contribution >= 4 is 11.7 Å². The highest BCUT2D eigenvalue weighted by atomic mass is 19.1. The van der Waals surface area contributed by atoms with E-state index in [0.29, 0.717) is 13.2 Å². The average molecular weight is 393 g/mol. The Kier molecular flexibility index (Phi) is 7.22. The third-order valence-electron chi connectivity index (χ3n) is 4.39. The van der Waals surface area contributed by atoms with Gasteiger partial charge in [-0.1, -0.05) is 42.5 Å². The van der Waals surface area contributed by atoms with Gasteiger partial charge in [0.25, 0.3) is 0 Å². The van der Waals surface area contributed by atoms with E-state index in [0.717, 1.165) is 22.6 Å². The van der Waals surface area contributed by atoms with Gasteiger partial charge in [0, 0.05) is 5.69 Å². The highest BCUT2D eigenvalue weighted by Crippen LogP contribution is 2.26. The van der Waals surface area contributed by atoms with Crippen molar-refractivity contribution in [2.24, 2.45) is 0 Å². The molecule has 4 nitrogen and oxygen atoms in total. The Bertz CT molecular complexity index is 896. The van der Waals surface area contributed by atoms with Gasteiger partial charge >= 0.3 is 5.97 Å². The van der Waals surface area contributed by atoms with Gasteiger partial charge in [-0.05, 0) is 54.4 Å². The van der Waals surface area contributed by atoms with E-state index in [1.165, 1.54) is 12.1 Å². The predicted octanol–water partition coefficient (Wildman–Crippen LogP) is 5.51. The summed E-state index contributed by atoms with van der Waals surface area (Å²) in [5, 5.41) is 3.28. The zero-order valence-corrected chi connectivity index (χ0v) is 16.3. The maximum absolute atomic E-state index is 13.2. The van der Waals surface area contributed by atoms with Crippen molar-refractivity contribution in [1.82, 2.24) is 0 Å². The van der Waals surface area contributed by atoms with Gasteiger partial charge in [-0.15, -0.1) is 0 Å². The number of anilines is 1. The molecule has 150 valence electrons. The molecule has 0 saturated heterocycles. The molecule has 3 aromatic carbocycles.